The van der Waals surface area contributed by atoms with Gasteiger partial charge >= 0.3 is 0 Å². The molecule has 1 aromatic carbocycles. The lowest BCUT2D eigenvalue weighted by Gasteiger charge is -2.01. The summed E-state index contributed by atoms with van der Waals surface area (Å²) >= 11 is 1.56. The van der Waals surface area contributed by atoms with Crippen LogP contribution in [-0.4, -0.2) is 12.1 Å². The van der Waals surface area contributed by atoms with Crippen molar-refractivity contribution in [2.45, 2.75) is 6.61 Å². The highest BCUT2D eigenvalue weighted by atomic mass is 32.1. The summed E-state index contributed by atoms with van der Waals surface area (Å²) in [6.45, 7) is 0.334. The third-order valence-electron chi connectivity index (χ3n) is 2.10. The lowest BCUT2D eigenvalue weighted by Crippen LogP contribution is -1.98. The van der Waals surface area contributed by atoms with E-state index < -0.39 is 0 Å². The van der Waals surface area contributed by atoms with Crippen LogP contribution in [0.15, 0.2) is 29.6 Å². The molecule has 1 aromatic heterocycles. The van der Waals surface area contributed by atoms with Crippen molar-refractivity contribution in [1.82, 2.24) is 4.98 Å². The quantitative estimate of drug-likeness (QED) is 0.827. The molecule has 2 aromatic rings. The van der Waals surface area contributed by atoms with Crippen LogP contribution in [0.25, 0.3) is 10.6 Å². The first kappa shape index (κ1) is 11.1. The van der Waals surface area contributed by atoms with Crippen molar-refractivity contribution in [2.75, 3.05) is 7.11 Å². The standard InChI is InChI=1S/C11H12N2O2S/c1-14-10-4-2-3-8(5-10)11-13-9(6-15-12)7-16-11/h2-5,7H,6,12H2,1H3. The summed E-state index contributed by atoms with van der Waals surface area (Å²) in [7, 11) is 1.65. The van der Waals surface area contributed by atoms with Crippen LogP contribution in [0.5, 0.6) is 5.75 Å². The summed E-state index contributed by atoms with van der Waals surface area (Å²) in [6, 6.07) is 7.79. The summed E-state index contributed by atoms with van der Waals surface area (Å²) < 4.78 is 5.16. The molecule has 4 nitrogen and oxygen atoms in total. The Labute approximate surface area is 97.6 Å². The number of thiazole rings is 1. The Bertz CT molecular complexity index is 471. The second kappa shape index (κ2) is 5.07. The summed E-state index contributed by atoms with van der Waals surface area (Å²) in [6.07, 6.45) is 0. The molecule has 0 fully saturated rings. The molecule has 0 bridgehead atoms. The fourth-order valence-corrected chi connectivity index (χ4v) is 2.15. The van der Waals surface area contributed by atoms with Gasteiger partial charge in [-0.25, -0.2) is 10.9 Å². The number of methoxy groups -OCH3 is 1. The Hall–Kier alpha value is -1.43. The summed E-state index contributed by atoms with van der Waals surface area (Å²) in [4.78, 5) is 8.95. The van der Waals surface area contributed by atoms with Crippen LogP contribution in [0.1, 0.15) is 5.69 Å². The van der Waals surface area contributed by atoms with Gasteiger partial charge < -0.3 is 4.74 Å². The molecule has 0 saturated carbocycles. The van der Waals surface area contributed by atoms with Crippen molar-refractivity contribution in [1.29, 1.82) is 0 Å². The molecule has 84 valence electrons. The first-order chi connectivity index (χ1) is 7.83. The summed E-state index contributed by atoms with van der Waals surface area (Å²) in [5.74, 6) is 5.82. The summed E-state index contributed by atoms with van der Waals surface area (Å²) in [5, 5.41) is 2.87. The van der Waals surface area contributed by atoms with E-state index >= 15 is 0 Å². The molecule has 2 rings (SSSR count). The van der Waals surface area contributed by atoms with E-state index in [4.69, 9.17) is 10.6 Å². The molecule has 16 heavy (non-hydrogen) atoms. The monoisotopic (exact) mass is 236 g/mol. The maximum absolute atomic E-state index is 5.16. The van der Waals surface area contributed by atoms with Gasteiger partial charge in [-0.3, -0.25) is 4.84 Å². The number of rotatable bonds is 4. The van der Waals surface area contributed by atoms with Crippen LogP contribution in [0.2, 0.25) is 0 Å². The van der Waals surface area contributed by atoms with E-state index in [1.807, 2.05) is 29.6 Å². The maximum Gasteiger partial charge on any atom is 0.123 e. The van der Waals surface area contributed by atoms with E-state index in [2.05, 4.69) is 9.82 Å². The Morgan fingerprint density at radius 1 is 1.44 bits per heavy atom. The van der Waals surface area contributed by atoms with Crippen molar-refractivity contribution in [3.05, 3.63) is 35.3 Å². The molecule has 0 saturated heterocycles. The van der Waals surface area contributed by atoms with Gasteiger partial charge in [-0.15, -0.1) is 11.3 Å². The van der Waals surface area contributed by atoms with E-state index in [0.717, 1.165) is 22.0 Å². The van der Waals surface area contributed by atoms with Gasteiger partial charge in [-0.2, -0.15) is 0 Å². The van der Waals surface area contributed by atoms with Crippen LogP contribution in [0.4, 0.5) is 0 Å². The minimum absolute atomic E-state index is 0.334. The van der Waals surface area contributed by atoms with Crippen LogP contribution in [-0.2, 0) is 11.4 Å². The lowest BCUT2D eigenvalue weighted by atomic mass is 10.2. The minimum atomic E-state index is 0.334. The van der Waals surface area contributed by atoms with E-state index in [1.54, 1.807) is 18.4 Å². The second-order valence-electron chi connectivity index (χ2n) is 3.19. The molecule has 0 aliphatic rings. The predicted molar refractivity (Wildman–Crippen MR) is 63.1 cm³/mol. The van der Waals surface area contributed by atoms with Gasteiger partial charge in [0.2, 0.25) is 0 Å². The van der Waals surface area contributed by atoms with Gasteiger partial charge in [0, 0.05) is 10.9 Å². The highest BCUT2D eigenvalue weighted by Crippen LogP contribution is 2.26. The zero-order chi connectivity index (χ0) is 11.4. The van der Waals surface area contributed by atoms with Gasteiger partial charge in [0.15, 0.2) is 0 Å². The number of nitrogens with zero attached hydrogens (tertiary/aromatic N) is 1. The molecule has 0 aliphatic heterocycles. The number of aromatic nitrogens is 1. The SMILES string of the molecule is COc1cccc(-c2nc(CON)cs2)c1. The highest BCUT2D eigenvalue weighted by Gasteiger charge is 2.05. The summed E-state index contributed by atoms with van der Waals surface area (Å²) in [5.41, 5.74) is 1.87. The largest absolute Gasteiger partial charge is 0.497 e. The van der Waals surface area contributed by atoms with Gasteiger partial charge in [0.05, 0.1) is 12.8 Å². The van der Waals surface area contributed by atoms with Crippen molar-refractivity contribution in [2.24, 2.45) is 5.90 Å². The molecule has 2 N–H and O–H groups in total. The molecule has 0 aliphatic carbocycles. The molecule has 0 spiro atoms. The highest BCUT2D eigenvalue weighted by molar-refractivity contribution is 7.13. The topological polar surface area (TPSA) is 57.4 Å². The van der Waals surface area contributed by atoms with Gasteiger partial charge in [0.25, 0.3) is 0 Å². The van der Waals surface area contributed by atoms with Crippen LogP contribution in [0, 0.1) is 0 Å². The van der Waals surface area contributed by atoms with E-state index in [0.29, 0.717) is 6.61 Å². The molecular weight excluding hydrogens is 224 g/mol. The Balaban J connectivity index is 2.27. The Morgan fingerprint density at radius 2 is 2.31 bits per heavy atom. The molecule has 0 radical (unpaired) electrons. The normalized spacial score (nSPS) is 10.4. The van der Waals surface area contributed by atoms with Crippen molar-refractivity contribution in [3.63, 3.8) is 0 Å². The maximum atomic E-state index is 5.16. The first-order valence-corrected chi connectivity index (χ1v) is 5.62. The molecule has 0 atom stereocenters. The third-order valence-corrected chi connectivity index (χ3v) is 3.04. The minimum Gasteiger partial charge on any atom is -0.497 e. The number of nitrogens with two attached hydrogens (primary N) is 1. The first-order valence-electron chi connectivity index (χ1n) is 4.74. The van der Waals surface area contributed by atoms with Crippen LogP contribution in [0.3, 0.4) is 0 Å². The molecule has 5 heteroatoms. The fourth-order valence-electron chi connectivity index (χ4n) is 1.35. The fraction of sp³-hybridized carbons (Fsp3) is 0.182. The average molecular weight is 236 g/mol. The van der Waals surface area contributed by atoms with Crippen molar-refractivity contribution in [3.8, 4) is 16.3 Å². The van der Waals surface area contributed by atoms with E-state index in [-0.39, 0.29) is 0 Å². The zero-order valence-corrected chi connectivity index (χ0v) is 9.66. The van der Waals surface area contributed by atoms with Gasteiger partial charge in [-0.05, 0) is 12.1 Å². The number of hydrogen-bond donors (Lipinski definition) is 1. The zero-order valence-electron chi connectivity index (χ0n) is 8.84. The van der Waals surface area contributed by atoms with Crippen molar-refractivity contribution < 1.29 is 9.57 Å². The number of hydrogen-bond acceptors (Lipinski definition) is 5. The van der Waals surface area contributed by atoms with Crippen molar-refractivity contribution >= 4 is 11.3 Å². The molecular formula is C11H12N2O2S. The number of benzene rings is 1. The predicted octanol–water partition coefficient (Wildman–Crippen LogP) is 2.21. The number of ether oxygens (including phenoxy) is 1. The van der Waals surface area contributed by atoms with Gasteiger partial charge in [0.1, 0.15) is 17.4 Å². The van der Waals surface area contributed by atoms with E-state index in [1.165, 1.54) is 0 Å². The lowest BCUT2D eigenvalue weighted by molar-refractivity contribution is 0.122. The molecule has 0 unspecified atom stereocenters. The van der Waals surface area contributed by atoms with Gasteiger partial charge in [-0.1, -0.05) is 12.1 Å². The molecule has 0 amide bonds. The smallest absolute Gasteiger partial charge is 0.123 e. The Morgan fingerprint density at radius 3 is 3.06 bits per heavy atom. The second-order valence-corrected chi connectivity index (χ2v) is 4.05. The molecule has 1 heterocycles. The van der Waals surface area contributed by atoms with Crippen LogP contribution < -0.4 is 10.6 Å². The Kier molecular flexibility index (Phi) is 3.51. The average Bonchev–Trinajstić information content (AvgIpc) is 2.78. The van der Waals surface area contributed by atoms with E-state index in [9.17, 15) is 0 Å². The van der Waals surface area contributed by atoms with Crippen LogP contribution >= 0.6 is 11.3 Å². The third kappa shape index (κ3) is 2.38.